The maximum Gasteiger partial charge on any atom is 0.307 e. The molecule has 0 aliphatic heterocycles. The number of hydrogen-bond donors (Lipinski definition) is 3. The molecule has 5 atom stereocenters. The number of aliphatic carboxylic acids is 2. The van der Waals surface area contributed by atoms with Gasteiger partial charge in [-0.25, -0.2) is 0 Å². The average Bonchev–Trinajstić information content (AvgIpc) is 2.54. The highest BCUT2D eigenvalue weighted by atomic mass is 16.4. The third-order valence-electron chi connectivity index (χ3n) is 3.93. The van der Waals surface area contributed by atoms with Gasteiger partial charge in [-0.15, -0.1) is 0 Å². The van der Waals surface area contributed by atoms with Crippen molar-refractivity contribution in [3.63, 3.8) is 0 Å². The van der Waals surface area contributed by atoms with Gasteiger partial charge in [0.1, 0.15) is 0 Å². The van der Waals surface area contributed by atoms with Crippen LogP contribution < -0.4 is 0 Å². The van der Waals surface area contributed by atoms with Gasteiger partial charge in [0.15, 0.2) is 0 Å². The quantitative estimate of drug-likeness (QED) is 0.609. The molecule has 0 spiro atoms. The SMILES string of the molecule is CC1(O)CC2CC1C(C(=O)O)C2C(=O)O. The molecule has 0 radical (unpaired) electrons. The minimum atomic E-state index is -1.10. The number of aliphatic hydroxyl groups is 1. The molecule has 2 saturated carbocycles. The molecular weight excluding hydrogens is 200 g/mol. The molecule has 2 fully saturated rings. The Balaban J connectivity index is 2.33. The molecule has 0 amide bonds. The Kier molecular flexibility index (Phi) is 2.05. The van der Waals surface area contributed by atoms with Gasteiger partial charge in [-0.2, -0.15) is 0 Å². The summed E-state index contributed by atoms with van der Waals surface area (Å²) in [6, 6.07) is 0. The van der Waals surface area contributed by atoms with Crippen molar-refractivity contribution in [2.45, 2.75) is 25.4 Å². The number of carboxylic acid groups (broad SMARTS) is 2. The molecule has 0 aromatic rings. The van der Waals surface area contributed by atoms with Crippen LogP contribution in [0, 0.1) is 23.7 Å². The maximum absolute atomic E-state index is 11.0. The van der Waals surface area contributed by atoms with Crippen LogP contribution in [-0.2, 0) is 9.59 Å². The van der Waals surface area contributed by atoms with Gasteiger partial charge in [0.25, 0.3) is 0 Å². The highest BCUT2D eigenvalue weighted by molar-refractivity contribution is 5.82. The zero-order chi connectivity index (χ0) is 11.4. The second-order valence-corrected chi connectivity index (χ2v) is 4.89. The van der Waals surface area contributed by atoms with Crippen LogP contribution in [0.5, 0.6) is 0 Å². The standard InChI is InChI=1S/C10H14O5/c1-10(15)3-4-2-5(10)7(9(13)14)6(4)8(11)12/h4-7,15H,2-3H2,1H3,(H,11,12)(H,13,14). The monoisotopic (exact) mass is 214 g/mol. The zero-order valence-electron chi connectivity index (χ0n) is 8.38. The topological polar surface area (TPSA) is 94.8 Å². The predicted molar refractivity (Wildman–Crippen MR) is 49.1 cm³/mol. The van der Waals surface area contributed by atoms with E-state index >= 15 is 0 Å². The zero-order valence-corrected chi connectivity index (χ0v) is 8.38. The second-order valence-electron chi connectivity index (χ2n) is 4.89. The van der Waals surface area contributed by atoms with Crippen LogP contribution in [0.15, 0.2) is 0 Å². The third kappa shape index (κ3) is 1.33. The summed E-state index contributed by atoms with van der Waals surface area (Å²) in [5, 5.41) is 27.9. The Hall–Kier alpha value is -1.10. The highest BCUT2D eigenvalue weighted by Crippen LogP contribution is 2.57. The number of hydrogen-bond acceptors (Lipinski definition) is 3. The van der Waals surface area contributed by atoms with Gasteiger partial charge in [-0.3, -0.25) is 9.59 Å². The minimum absolute atomic E-state index is 0.191. The Bertz CT molecular complexity index is 322. The van der Waals surface area contributed by atoms with Gasteiger partial charge in [0, 0.05) is 5.92 Å². The number of carboxylic acids is 2. The lowest BCUT2D eigenvalue weighted by molar-refractivity contribution is -0.162. The second kappa shape index (κ2) is 2.95. The molecule has 0 heterocycles. The summed E-state index contributed by atoms with van der Waals surface area (Å²) >= 11 is 0. The molecule has 0 aromatic carbocycles. The first-order valence-electron chi connectivity index (χ1n) is 5.02. The number of fused-ring (bicyclic) bond motifs is 2. The third-order valence-corrected chi connectivity index (χ3v) is 3.93. The van der Waals surface area contributed by atoms with Gasteiger partial charge in [-0.05, 0) is 25.7 Å². The summed E-state index contributed by atoms with van der Waals surface area (Å²) in [7, 11) is 0. The Morgan fingerprint density at radius 3 is 2.20 bits per heavy atom. The van der Waals surface area contributed by atoms with E-state index in [2.05, 4.69) is 0 Å². The summed E-state index contributed by atoms with van der Waals surface area (Å²) in [4.78, 5) is 22.0. The molecule has 2 aliphatic rings. The van der Waals surface area contributed by atoms with Crippen LogP contribution in [0.2, 0.25) is 0 Å². The van der Waals surface area contributed by atoms with E-state index in [1.165, 1.54) is 0 Å². The van der Waals surface area contributed by atoms with Crippen molar-refractivity contribution in [1.82, 2.24) is 0 Å². The molecule has 5 unspecified atom stereocenters. The lowest BCUT2D eigenvalue weighted by Crippen LogP contribution is -2.45. The molecule has 3 N–H and O–H groups in total. The smallest absolute Gasteiger partial charge is 0.307 e. The van der Waals surface area contributed by atoms with Crippen LogP contribution in [0.3, 0.4) is 0 Å². The summed E-state index contributed by atoms with van der Waals surface area (Å²) in [5.41, 5.74) is -1.01. The Labute approximate surface area is 86.7 Å². The first kappa shape index (κ1) is 10.4. The van der Waals surface area contributed by atoms with Crippen molar-refractivity contribution in [3.05, 3.63) is 0 Å². The van der Waals surface area contributed by atoms with Gasteiger partial charge in [0.05, 0.1) is 17.4 Å². The molecule has 2 bridgehead atoms. The van der Waals surface area contributed by atoms with E-state index in [9.17, 15) is 14.7 Å². The largest absolute Gasteiger partial charge is 0.481 e. The van der Waals surface area contributed by atoms with Crippen LogP contribution in [-0.4, -0.2) is 32.9 Å². The minimum Gasteiger partial charge on any atom is -0.481 e. The lowest BCUT2D eigenvalue weighted by atomic mass is 9.72. The van der Waals surface area contributed by atoms with Crippen LogP contribution in [0.4, 0.5) is 0 Å². The van der Waals surface area contributed by atoms with E-state index < -0.39 is 35.3 Å². The van der Waals surface area contributed by atoms with Crippen molar-refractivity contribution in [2.75, 3.05) is 0 Å². The van der Waals surface area contributed by atoms with Gasteiger partial charge in [-0.1, -0.05) is 0 Å². The van der Waals surface area contributed by atoms with Crippen molar-refractivity contribution < 1.29 is 24.9 Å². The number of rotatable bonds is 2. The van der Waals surface area contributed by atoms with Crippen molar-refractivity contribution >= 4 is 11.9 Å². The van der Waals surface area contributed by atoms with Gasteiger partial charge >= 0.3 is 11.9 Å². The Morgan fingerprint density at radius 2 is 1.73 bits per heavy atom. The molecule has 2 rings (SSSR count). The first-order valence-corrected chi connectivity index (χ1v) is 5.02. The van der Waals surface area contributed by atoms with E-state index in [0.29, 0.717) is 12.8 Å². The molecule has 2 aliphatic carbocycles. The summed E-state index contributed by atoms with van der Waals surface area (Å²) in [6.45, 7) is 1.60. The van der Waals surface area contributed by atoms with Gasteiger partial charge < -0.3 is 15.3 Å². The van der Waals surface area contributed by atoms with Crippen molar-refractivity contribution in [2.24, 2.45) is 23.7 Å². The van der Waals surface area contributed by atoms with Crippen molar-refractivity contribution in [3.8, 4) is 0 Å². The molecule has 0 aromatic heterocycles. The molecular formula is C10H14O5. The van der Waals surface area contributed by atoms with E-state index in [-0.39, 0.29) is 5.92 Å². The van der Waals surface area contributed by atoms with E-state index in [1.807, 2.05) is 0 Å². The van der Waals surface area contributed by atoms with Crippen molar-refractivity contribution in [1.29, 1.82) is 0 Å². The molecule has 5 nitrogen and oxygen atoms in total. The maximum atomic E-state index is 11.0. The average molecular weight is 214 g/mol. The summed E-state index contributed by atoms with van der Waals surface area (Å²) in [5.74, 6) is -4.52. The fourth-order valence-electron chi connectivity index (χ4n) is 3.38. The molecule has 0 saturated heterocycles. The van der Waals surface area contributed by atoms with Crippen LogP contribution in [0.1, 0.15) is 19.8 Å². The first-order chi connectivity index (χ1) is 6.84. The fraction of sp³-hybridized carbons (Fsp3) is 0.800. The van der Waals surface area contributed by atoms with E-state index in [0.717, 1.165) is 0 Å². The molecule has 5 heteroatoms. The number of carbonyl (C=O) groups is 2. The summed E-state index contributed by atoms with van der Waals surface area (Å²) < 4.78 is 0. The molecule has 84 valence electrons. The Morgan fingerprint density at radius 1 is 1.20 bits per heavy atom. The van der Waals surface area contributed by atoms with E-state index in [1.54, 1.807) is 6.92 Å². The highest BCUT2D eigenvalue weighted by Gasteiger charge is 2.62. The molecule has 15 heavy (non-hydrogen) atoms. The normalized spacial score (nSPS) is 48.1. The van der Waals surface area contributed by atoms with Gasteiger partial charge in [0.2, 0.25) is 0 Å². The lowest BCUT2D eigenvalue weighted by Gasteiger charge is -2.35. The summed E-state index contributed by atoms with van der Waals surface area (Å²) in [6.07, 6.45) is 0.916. The van der Waals surface area contributed by atoms with E-state index in [4.69, 9.17) is 10.2 Å². The van der Waals surface area contributed by atoms with Crippen LogP contribution >= 0.6 is 0 Å². The van der Waals surface area contributed by atoms with Crippen LogP contribution in [0.25, 0.3) is 0 Å². The predicted octanol–water partition coefficient (Wildman–Crippen LogP) is 0.179. The fourth-order valence-corrected chi connectivity index (χ4v) is 3.38.